The number of carboxylic acid groups (broad SMARTS) is 1. The Balaban J connectivity index is 2.58. The molecule has 1 aromatic carbocycles. The summed E-state index contributed by atoms with van der Waals surface area (Å²) < 4.78 is 5.76. The Kier molecular flexibility index (Phi) is 3.61. The number of Topliss-reactive ketones (excluding diaryl/α,β-unsaturated/α-hetero) is 1. The maximum Gasteiger partial charge on any atom is 0.336 e. The van der Waals surface area contributed by atoms with Crippen LogP contribution in [0.4, 0.5) is 0 Å². The van der Waals surface area contributed by atoms with Crippen molar-refractivity contribution in [2.75, 3.05) is 6.26 Å². The van der Waals surface area contributed by atoms with Gasteiger partial charge in [-0.25, -0.2) is 4.79 Å². The number of fused-ring (bicyclic) bond motifs is 1. The van der Waals surface area contributed by atoms with E-state index in [2.05, 4.69) is 0 Å². The van der Waals surface area contributed by atoms with Gasteiger partial charge in [0.05, 0.1) is 16.0 Å². The molecule has 1 aromatic rings. The van der Waals surface area contributed by atoms with Gasteiger partial charge in [0.25, 0.3) is 0 Å². The van der Waals surface area contributed by atoms with Crippen LogP contribution in [0, 0.1) is 0 Å². The number of ether oxygens (including phenoxy) is 1. The lowest BCUT2D eigenvalue weighted by molar-refractivity contribution is 0.0686. The van der Waals surface area contributed by atoms with Crippen LogP contribution in [0.2, 0.25) is 0 Å². The molecule has 96 valence electrons. The van der Waals surface area contributed by atoms with Crippen LogP contribution in [-0.2, 0) is 0 Å². The highest BCUT2D eigenvalue weighted by molar-refractivity contribution is 7.98. The number of benzene rings is 1. The van der Waals surface area contributed by atoms with Crippen LogP contribution in [-0.4, -0.2) is 29.2 Å². The van der Waals surface area contributed by atoms with Crippen LogP contribution in [0.3, 0.4) is 0 Å². The number of thioether (sulfide) groups is 1. The first-order valence-corrected chi connectivity index (χ1v) is 6.95. The van der Waals surface area contributed by atoms with Gasteiger partial charge in [0.15, 0.2) is 5.78 Å². The summed E-state index contributed by atoms with van der Waals surface area (Å²) in [5.41, 5.74) is 0.680. The van der Waals surface area contributed by atoms with E-state index in [1.165, 1.54) is 17.8 Å². The topological polar surface area (TPSA) is 63.6 Å². The van der Waals surface area contributed by atoms with Gasteiger partial charge in [-0.1, -0.05) is 6.92 Å². The lowest BCUT2D eigenvalue weighted by Crippen LogP contribution is -2.27. The number of hydrogen-bond acceptors (Lipinski definition) is 4. The minimum atomic E-state index is -1.00. The number of carbonyl (C=O) groups excluding carboxylic acids is 1. The number of aromatic carboxylic acids is 1. The van der Waals surface area contributed by atoms with Gasteiger partial charge in [-0.2, -0.15) is 0 Å². The second-order valence-corrected chi connectivity index (χ2v) is 4.92. The van der Waals surface area contributed by atoms with Gasteiger partial charge < -0.3 is 9.84 Å². The SMILES string of the molecule is CCC1CC(=O)c2ccc(C(=O)O)c(SC)c2O1. The van der Waals surface area contributed by atoms with Crippen LogP contribution in [0.25, 0.3) is 0 Å². The molecule has 0 amide bonds. The molecule has 5 heteroatoms. The van der Waals surface area contributed by atoms with Crippen molar-refractivity contribution in [3.05, 3.63) is 23.3 Å². The van der Waals surface area contributed by atoms with Crippen LogP contribution in [0.5, 0.6) is 5.75 Å². The Morgan fingerprint density at radius 2 is 2.28 bits per heavy atom. The second kappa shape index (κ2) is 5.02. The van der Waals surface area contributed by atoms with Gasteiger partial charge in [0.1, 0.15) is 11.9 Å². The fourth-order valence-electron chi connectivity index (χ4n) is 2.02. The third kappa shape index (κ3) is 2.10. The van der Waals surface area contributed by atoms with Crippen molar-refractivity contribution < 1.29 is 19.4 Å². The fraction of sp³-hybridized carbons (Fsp3) is 0.385. The standard InChI is InChI=1S/C13H14O4S/c1-3-7-6-10(14)8-4-5-9(13(15)16)12(18-2)11(8)17-7/h4-5,7H,3,6H2,1-2H3,(H,15,16). The summed E-state index contributed by atoms with van der Waals surface area (Å²) in [6.45, 7) is 1.95. The summed E-state index contributed by atoms with van der Waals surface area (Å²) in [6, 6.07) is 3.02. The highest BCUT2D eigenvalue weighted by Gasteiger charge is 2.29. The molecule has 1 aliphatic rings. The number of carboxylic acids is 1. The smallest absolute Gasteiger partial charge is 0.336 e. The Hall–Kier alpha value is -1.49. The summed E-state index contributed by atoms with van der Waals surface area (Å²) in [5.74, 6) is -0.544. The zero-order valence-corrected chi connectivity index (χ0v) is 11.0. The number of carbonyl (C=O) groups is 2. The number of hydrogen-bond donors (Lipinski definition) is 1. The summed E-state index contributed by atoms with van der Waals surface area (Å²) >= 11 is 1.29. The molecule has 0 saturated heterocycles. The Labute approximate surface area is 109 Å². The van der Waals surface area contributed by atoms with E-state index >= 15 is 0 Å². The van der Waals surface area contributed by atoms with E-state index in [0.29, 0.717) is 22.6 Å². The van der Waals surface area contributed by atoms with Crippen molar-refractivity contribution in [2.45, 2.75) is 30.8 Å². The largest absolute Gasteiger partial charge is 0.488 e. The van der Waals surface area contributed by atoms with Gasteiger partial charge in [-0.3, -0.25) is 4.79 Å². The normalized spacial score (nSPS) is 18.1. The van der Waals surface area contributed by atoms with Gasteiger partial charge >= 0.3 is 5.97 Å². The monoisotopic (exact) mass is 266 g/mol. The Bertz CT molecular complexity index is 510. The van der Waals surface area contributed by atoms with E-state index < -0.39 is 5.97 Å². The molecule has 0 aliphatic carbocycles. The van der Waals surface area contributed by atoms with Crippen molar-refractivity contribution >= 4 is 23.5 Å². The molecule has 1 heterocycles. The molecule has 0 spiro atoms. The predicted molar refractivity (Wildman–Crippen MR) is 68.8 cm³/mol. The first kappa shape index (κ1) is 13.0. The first-order chi connectivity index (χ1) is 8.58. The number of rotatable bonds is 3. The van der Waals surface area contributed by atoms with Gasteiger partial charge in [-0.15, -0.1) is 11.8 Å². The van der Waals surface area contributed by atoms with Crippen molar-refractivity contribution in [1.29, 1.82) is 0 Å². The quantitative estimate of drug-likeness (QED) is 0.852. The van der Waals surface area contributed by atoms with Crippen molar-refractivity contribution in [3.63, 3.8) is 0 Å². The molecule has 4 nitrogen and oxygen atoms in total. The highest BCUT2D eigenvalue weighted by Crippen LogP contribution is 2.39. The average Bonchev–Trinajstić information content (AvgIpc) is 2.36. The molecule has 1 atom stereocenters. The lowest BCUT2D eigenvalue weighted by Gasteiger charge is -2.26. The van der Waals surface area contributed by atoms with E-state index in [9.17, 15) is 9.59 Å². The third-order valence-corrected chi connectivity index (χ3v) is 3.81. The maximum atomic E-state index is 12.0. The first-order valence-electron chi connectivity index (χ1n) is 5.72. The second-order valence-electron chi connectivity index (χ2n) is 4.10. The van der Waals surface area contributed by atoms with Crippen LogP contribution in [0.15, 0.2) is 17.0 Å². The predicted octanol–water partition coefficient (Wildman–Crippen LogP) is 2.85. The minimum absolute atomic E-state index is 0.0235. The van der Waals surface area contributed by atoms with Gasteiger partial charge in [0.2, 0.25) is 0 Å². The molecule has 1 unspecified atom stereocenters. The molecule has 1 N–H and O–H groups in total. The van der Waals surface area contributed by atoms with Crippen molar-refractivity contribution in [3.8, 4) is 5.75 Å². The lowest BCUT2D eigenvalue weighted by atomic mass is 9.98. The van der Waals surface area contributed by atoms with E-state index in [0.717, 1.165) is 6.42 Å². The molecular weight excluding hydrogens is 252 g/mol. The van der Waals surface area contributed by atoms with Crippen LogP contribution in [0.1, 0.15) is 40.5 Å². The molecule has 0 saturated carbocycles. The summed E-state index contributed by atoms with van der Waals surface area (Å²) in [7, 11) is 0. The van der Waals surface area contributed by atoms with Crippen molar-refractivity contribution in [1.82, 2.24) is 0 Å². The summed E-state index contributed by atoms with van der Waals surface area (Å²) in [4.78, 5) is 23.6. The average molecular weight is 266 g/mol. The molecule has 0 radical (unpaired) electrons. The molecule has 2 rings (SSSR count). The minimum Gasteiger partial charge on any atom is -0.488 e. The van der Waals surface area contributed by atoms with E-state index in [-0.39, 0.29) is 17.5 Å². The summed E-state index contributed by atoms with van der Waals surface area (Å²) in [6.07, 6.45) is 2.73. The maximum absolute atomic E-state index is 12.0. The van der Waals surface area contributed by atoms with Crippen LogP contribution < -0.4 is 4.74 Å². The fourth-order valence-corrected chi connectivity index (χ4v) is 2.74. The molecule has 0 bridgehead atoms. The van der Waals surface area contributed by atoms with E-state index in [1.54, 1.807) is 12.3 Å². The van der Waals surface area contributed by atoms with Crippen LogP contribution >= 0.6 is 11.8 Å². The van der Waals surface area contributed by atoms with Gasteiger partial charge in [0, 0.05) is 6.42 Å². The van der Waals surface area contributed by atoms with E-state index in [1.807, 2.05) is 6.92 Å². The highest BCUT2D eigenvalue weighted by atomic mass is 32.2. The molecule has 18 heavy (non-hydrogen) atoms. The Morgan fingerprint density at radius 3 is 2.83 bits per heavy atom. The van der Waals surface area contributed by atoms with E-state index in [4.69, 9.17) is 9.84 Å². The molecule has 0 aromatic heterocycles. The zero-order valence-electron chi connectivity index (χ0n) is 10.2. The molecule has 1 aliphatic heterocycles. The molecular formula is C13H14O4S. The zero-order chi connectivity index (χ0) is 13.3. The summed E-state index contributed by atoms with van der Waals surface area (Å²) in [5, 5.41) is 9.13. The third-order valence-electron chi connectivity index (χ3n) is 3.00. The molecule has 0 fully saturated rings. The van der Waals surface area contributed by atoms with Crippen molar-refractivity contribution in [2.24, 2.45) is 0 Å². The van der Waals surface area contributed by atoms with Gasteiger partial charge in [-0.05, 0) is 24.8 Å². The Morgan fingerprint density at radius 1 is 1.56 bits per heavy atom. The number of ketones is 1.